The molecule has 128 valence electrons. The zero-order valence-electron chi connectivity index (χ0n) is 13.7. The van der Waals surface area contributed by atoms with Crippen LogP contribution in [0, 0.1) is 5.92 Å². The lowest BCUT2D eigenvalue weighted by Crippen LogP contribution is -2.37. The van der Waals surface area contributed by atoms with Gasteiger partial charge in [-0.2, -0.15) is 0 Å². The Bertz CT molecular complexity index is 685. The Hall–Kier alpha value is -1.85. The summed E-state index contributed by atoms with van der Waals surface area (Å²) in [4.78, 5) is 27.0. The Morgan fingerprint density at radius 3 is 2.54 bits per heavy atom. The van der Waals surface area contributed by atoms with Crippen molar-refractivity contribution in [1.29, 1.82) is 0 Å². The Balaban J connectivity index is 2.14. The Morgan fingerprint density at radius 1 is 1.17 bits per heavy atom. The van der Waals surface area contributed by atoms with E-state index >= 15 is 0 Å². The lowest BCUT2D eigenvalue weighted by Gasteiger charge is -2.22. The molecule has 24 heavy (non-hydrogen) atoms. The van der Waals surface area contributed by atoms with Gasteiger partial charge < -0.3 is 9.64 Å². The Labute approximate surface area is 151 Å². The summed E-state index contributed by atoms with van der Waals surface area (Å²) in [7, 11) is 0. The molecule has 0 N–H and O–H groups in total. The zero-order valence-corrected chi connectivity index (χ0v) is 15.3. The molecular weight excluding hydrogens is 346 g/mol. The van der Waals surface area contributed by atoms with Crippen molar-refractivity contribution in [2.24, 2.45) is 5.92 Å². The Morgan fingerprint density at radius 2 is 1.92 bits per heavy atom. The van der Waals surface area contributed by atoms with Gasteiger partial charge in [0.05, 0.1) is 13.2 Å². The molecule has 0 atom stereocenters. The topological polar surface area (TPSA) is 46.6 Å². The molecule has 0 aliphatic heterocycles. The summed E-state index contributed by atoms with van der Waals surface area (Å²) >= 11 is 7.72. The maximum Gasteiger partial charge on any atom is 0.397 e. The van der Waals surface area contributed by atoms with Gasteiger partial charge in [-0.05, 0) is 29.0 Å². The van der Waals surface area contributed by atoms with E-state index in [9.17, 15) is 9.59 Å². The van der Waals surface area contributed by atoms with Crippen molar-refractivity contribution in [2.45, 2.75) is 26.9 Å². The van der Waals surface area contributed by atoms with Gasteiger partial charge in [-0.15, -0.1) is 11.3 Å². The van der Waals surface area contributed by atoms with Crippen molar-refractivity contribution >= 4 is 34.8 Å². The quantitative estimate of drug-likeness (QED) is 0.571. The van der Waals surface area contributed by atoms with Gasteiger partial charge in [-0.3, -0.25) is 4.79 Å². The molecule has 2 aromatic rings. The van der Waals surface area contributed by atoms with Crippen LogP contribution in [0.5, 0.6) is 0 Å². The molecule has 0 saturated heterocycles. The lowest BCUT2D eigenvalue weighted by atomic mass is 10.2. The number of rotatable bonds is 6. The number of nitrogens with zero attached hydrogens (tertiary/aromatic N) is 1. The smallest absolute Gasteiger partial charge is 0.397 e. The number of carbonyl (C=O) groups is 2. The highest BCUT2D eigenvalue weighted by molar-refractivity contribution is 7.09. The highest BCUT2D eigenvalue weighted by atomic mass is 35.5. The van der Waals surface area contributed by atoms with Crippen LogP contribution >= 0.6 is 22.9 Å². The number of ether oxygens (including phenoxy) is 1. The van der Waals surface area contributed by atoms with Gasteiger partial charge in [-0.1, -0.05) is 49.7 Å². The number of amides is 1. The monoisotopic (exact) mass is 365 g/mol. The first kappa shape index (κ1) is 18.5. The average molecular weight is 366 g/mol. The summed E-state index contributed by atoms with van der Waals surface area (Å²) in [5.74, 6) is -1.30. The van der Waals surface area contributed by atoms with Crippen LogP contribution in [0.25, 0.3) is 0 Å². The average Bonchev–Trinajstić information content (AvgIpc) is 3.06. The maximum atomic E-state index is 12.5. The molecule has 0 aliphatic rings. The summed E-state index contributed by atoms with van der Waals surface area (Å²) in [5, 5.41) is 2.50. The number of carbonyl (C=O) groups excluding carboxylic acids is 2. The molecule has 0 unspecified atom stereocenters. The van der Waals surface area contributed by atoms with Crippen molar-refractivity contribution in [1.82, 2.24) is 4.90 Å². The van der Waals surface area contributed by atoms with Crippen molar-refractivity contribution in [3.05, 3.63) is 57.2 Å². The van der Waals surface area contributed by atoms with Gasteiger partial charge in [0.2, 0.25) is 0 Å². The summed E-state index contributed by atoms with van der Waals surface area (Å²) in [6.45, 7) is 4.67. The number of benzene rings is 1. The number of halogens is 1. The number of esters is 1. The van der Waals surface area contributed by atoms with Gasteiger partial charge in [0, 0.05) is 16.4 Å². The van der Waals surface area contributed by atoms with E-state index in [2.05, 4.69) is 0 Å². The number of hydrogen-bond donors (Lipinski definition) is 0. The van der Waals surface area contributed by atoms with Crippen LogP contribution < -0.4 is 0 Å². The minimum Gasteiger partial charge on any atom is -0.458 e. The molecule has 0 saturated carbocycles. The second-order valence-electron chi connectivity index (χ2n) is 5.82. The van der Waals surface area contributed by atoms with Gasteiger partial charge in [-0.25, -0.2) is 4.79 Å². The summed E-state index contributed by atoms with van der Waals surface area (Å²) in [6, 6.07) is 11.1. The zero-order chi connectivity index (χ0) is 17.5. The molecular formula is C18H20ClNO3S. The third-order valence-electron chi connectivity index (χ3n) is 3.26. The fourth-order valence-electron chi connectivity index (χ4n) is 2.06. The third kappa shape index (κ3) is 5.35. The summed E-state index contributed by atoms with van der Waals surface area (Å²) in [5.41, 5.74) is 0.792. The molecule has 1 amide bonds. The molecule has 1 aromatic carbocycles. The van der Waals surface area contributed by atoms with Crippen LogP contribution in [-0.2, 0) is 27.4 Å². The molecule has 1 aromatic heterocycles. The van der Waals surface area contributed by atoms with E-state index in [-0.39, 0.29) is 19.1 Å². The standard InChI is InChI=1S/C18H20ClNO3S/c1-13(2)12-23-18(22)17(21)20(11-15-7-5-9-24-15)10-14-6-3-4-8-16(14)19/h3-9,13H,10-12H2,1-2H3. The van der Waals surface area contributed by atoms with E-state index in [1.165, 1.54) is 16.2 Å². The largest absolute Gasteiger partial charge is 0.458 e. The Kier molecular flexibility index (Phi) is 6.82. The van der Waals surface area contributed by atoms with E-state index < -0.39 is 11.9 Å². The van der Waals surface area contributed by atoms with Crippen molar-refractivity contribution in [3.8, 4) is 0 Å². The fraction of sp³-hybridized carbons (Fsp3) is 0.333. The summed E-state index contributed by atoms with van der Waals surface area (Å²) in [6.07, 6.45) is 0. The number of thiophene rings is 1. The molecule has 0 aliphatic carbocycles. The van der Waals surface area contributed by atoms with Crippen molar-refractivity contribution in [2.75, 3.05) is 6.61 Å². The van der Waals surface area contributed by atoms with Crippen LogP contribution in [0.3, 0.4) is 0 Å². The fourth-order valence-corrected chi connectivity index (χ4v) is 2.97. The van der Waals surface area contributed by atoms with E-state index in [1.807, 2.05) is 49.6 Å². The SMILES string of the molecule is CC(C)COC(=O)C(=O)N(Cc1cccs1)Cc1ccccc1Cl. The second kappa shape index (κ2) is 8.85. The van der Waals surface area contributed by atoms with E-state index in [0.717, 1.165) is 10.4 Å². The van der Waals surface area contributed by atoms with Crippen LogP contribution in [0.1, 0.15) is 24.3 Å². The normalized spacial score (nSPS) is 10.7. The van der Waals surface area contributed by atoms with Gasteiger partial charge >= 0.3 is 11.9 Å². The van der Waals surface area contributed by atoms with E-state index in [4.69, 9.17) is 16.3 Å². The first-order chi connectivity index (χ1) is 11.5. The molecule has 6 heteroatoms. The van der Waals surface area contributed by atoms with Crippen LogP contribution in [0.15, 0.2) is 41.8 Å². The first-order valence-electron chi connectivity index (χ1n) is 7.69. The van der Waals surface area contributed by atoms with E-state index in [1.54, 1.807) is 6.07 Å². The van der Waals surface area contributed by atoms with Gasteiger partial charge in [0.25, 0.3) is 0 Å². The van der Waals surface area contributed by atoms with Crippen molar-refractivity contribution in [3.63, 3.8) is 0 Å². The maximum absolute atomic E-state index is 12.5. The molecule has 2 rings (SSSR count). The predicted molar refractivity (Wildman–Crippen MR) is 95.8 cm³/mol. The van der Waals surface area contributed by atoms with Gasteiger partial charge in [0.1, 0.15) is 0 Å². The summed E-state index contributed by atoms with van der Waals surface area (Å²) < 4.78 is 5.07. The first-order valence-corrected chi connectivity index (χ1v) is 8.95. The number of hydrogen-bond acceptors (Lipinski definition) is 4. The lowest BCUT2D eigenvalue weighted by molar-refractivity contribution is -0.161. The molecule has 4 nitrogen and oxygen atoms in total. The third-order valence-corrected chi connectivity index (χ3v) is 4.49. The van der Waals surface area contributed by atoms with Crippen molar-refractivity contribution < 1.29 is 14.3 Å². The highest BCUT2D eigenvalue weighted by Crippen LogP contribution is 2.20. The van der Waals surface area contributed by atoms with E-state index in [0.29, 0.717) is 11.6 Å². The molecule has 0 radical (unpaired) electrons. The van der Waals surface area contributed by atoms with Crippen LogP contribution in [-0.4, -0.2) is 23.4 Å². The second-order valence-corrected chi connectivity index (χ2v) is 7.26. The molecule has 0 bridgehead atoms. The minimum absolute atomic E-state index is 0.177. The molecule has 0 fully saturated rings. The molecule has 1 heterocycles. The van der Waals surface area contributed by atoms with Gasteiger partial charge in [0.15, 0.2) is 0 Å². The predicted octanol–water partition coefficient (Wildman–Crippen LogP) is 4.13. The highest BCUT2D eigenvalue weighted by Gasteiger charge is 2.25. The van der Waals surface area contributed by atoms with Crippen LogP contribution in [0.4, 0.5) is 0 Å². The molecule has 0 spiro atoms. The minimum atomic E-state index is -0.827. The van der Waals surface area contributed by atoms with Crippen LogP contribution in [0.2, 0.25) is 5.02 Å².